The van der Waals surface area contributed by atoms with E-state index in [0.717, 1.165) is 43.4 Å². The molecule has 2 aromatic carbocycles. The van der Waals surface area contributed by atoms with Crippen LogP contribution in [0.2, 0.25) is 0 Å². The van der Waals surface area contributed by atoms with E-state index in [0.29, 0.717) is 11.3 Å². The van der Waals surface area contributed by atoms with E-state index in [9.17, 15) is 14.4 Å². The summed E-state index contributed by atoms with van der Waals surface area (Å²) >= 11 is 0. The molecular formula is C27H30N2O5. The zero-order chi connectivity index (χ0) is 23.8. The van der Waals surface area contributed by atoms with E-state index in [1.54, 1.807) is 19.2 Å². The van der Waals surface area contributed by atoms with Gasteiger partial charge in [0.2, 0.25) is 5.91 Å². The minimum absolute atomic E-state index is 0.00570. The number of carbonyl (C=O) groups is 3. The van der Waals surface area contributed by atoms with E-state index in [-0.39, 0.29) is 48.7 Å². The standard InChI is InChI=1S/C27H30N2O5/c1-34-23-12-5-3-8-20(23)27(33)29-21-10-4-2-7-18(21)26(19-9-6-11-22(19)29)28(17-13-14-17)24(30)15-16-25(31)32/h2-5,7-8,10,12,17,19,22,26H,6,9,11,13-16H2,1H3,(H,31,32). The predicted octanol–water partition coefficient (Wildman–Crippen LogP) is 4.42. The molecule has 0 radical (unpaired) electrons. The third kappa shape index (κ3) is 3.93. The number of hydrogen-bond donors (Lipinski definition) is 1. The molecule has 2 saturated carbocycles. The van der Waals surface area contributed by atoms with Crippen molar-refractivity contribution in [2.75, 3.05) is 12.0 Å². The Hall–Kier alpha value is -3.35. The Bertz CT molecular complexity index is 1110. The van der Waals surface area contributed by atoms with Gasteiger partial charge < -0.3 is 19.6 Å². The van der Waals surface area contributed by atoms with E-state index in [1.807, 2.05) is 46.2 Å². The lowest BCUT2D eigenvalue weighted by molar-refractivity contribution is -0.142. The Morgan fingerprint density at radius 1 is 1.00 bits per heavy atom. The molecule has 178 valence electrons. The van der Waals surface area contributed by atoms with Gasteiger partial charge in [0, 0.05) is 30.1 Å². The van der Waals surface area contributed by atoms with E-state index in [2.05, 4.69) is 0 Å². The summed E-state index contributed by atoms with van der Waals surface area (Å²) < 4.78 is 5.49. The van der Waals surface area contributed by atoms with E-state index < -0.39 is 5.97 Å². The van der Waals surface area contributed by atoms with Crippen molar-refractivity contribution in [3.05, 3.63) is 59.7 Å². The van der Waals surface area contributed by atoms with Gasteiger partial charge in [0.05, 0.1) is 25.1 Å². The Morgan fingerprint density at radius 2 is 1.74 bits per heavy atom. The first-order valence-corrected chi connectivity index (χ1v) is 12.1. The summed E-state index contributed by atoms with van der Waals surface area (Å²) in [6.45, 7) is 0. The minimum atomic E-state index is -0.958. The van der Waals surface area contributed by atoms with Gasteiger partial charge >= 0.3 is 5.97 Å². The molecule has 3 atom stereocenters. The molecule has 1 aliphatic heterocycles. The number of ether oxygens (including phenoxy) is 1. The smallest absolute Gasteiger partial charge is 0.303 e. The van der Waals surface area contributed by atoms with Crippen molar-refractivity contribution in [3.63, 3.8) is 0 Å². The molecule has 5 rings (SSSR count). The monoisotopic (exact) mass is 462 g/mol. The fourth-order valence-corrected chi connectivity index (χ4v) is 5.87. The van der Waals surface area contributed by atoms with Crippen LogP contribution in [-0.4, -0.2) is 47.0 Å². The number of benzene rings is 2. The van der Waals surface area contributed by atoms with Crippen LogP contribution in [0.25, 0.3) is 0 Å². The molecule has 1 N–H and O–H groups in total. The average Bonchev–Trinajstić information content (AvgIpc) is 3.57. The summed E-state index contributed by atoms with van der Waals surface area (Å²) in [5.74, 6) is -0.483. The van der Waals surface area contributed by atoms with E-state index >= 15 is 0 Å². The van der Waals surface area contributed by atoms with Crippen LogP contribution < -0.4 is 9.64 Å². The van der Waals surface area contributed by atoms with Gasteiger partial charge in [-0.25, -0.2) is 0 Å². The molecule has 7 nitrogen and oxygen atoms in total. The van der Waals surface area contributed by atoms with Gasteiger partial charge in [0.1, 0.15) is 5.75 Å². The normalized spacial score (nSPS) is 23.1. The highest BCUT2D eigenvalue weighted by atomic mass is 16.5. The molecule has 0 aromatic heterocycles. The molecule has 0 saturated heterocycles. The second-order valence-corrected chi connectivity index (χ2v) is 9.47. The van der Waals surface area contributed by atoms with Crippen molar-refractivity contribution in [2.45, 2.75) is 63.1 Å². The highest BCUT2D eigenvalue weighted by Gasteiger charge is 2.51. The number of fused-ring (bicyclic) bond motifs is 2. The molecule has 2 aromatic rings. The molecule has 3 aliphatic rings. The maximum absolute atomic E-state index is 13.9. The Kier molecular flexibility index (Phi) is 6.02. The maximum Gasteiger partial charge on any atom is 0.303 e. The third-order valence-electron chi connectivity index (χ3n) is 7.42. The SMILES string of the molecule is COc1ccccc1C(=O)N1c2ccccc2C(N(C(=O)CCC(=O)O)C2CC2)C2CCCC21. The fraction of sp³-hybridized carbons (Fsp3) is 0.444. The summed E-state index contributed by atoms with van der Waals surface area (Å²) in [6, 6.07) is 15.2. The number of carboxylic acid groups (broad SMARTS) is 1. The quantitative estimate of drug-likeness (QED) is 0.658. The van der Waals surface area contributed by atoms with Crippen LogP contribution in [0.15, 0.2) is 48.5 Å². The van der Waals surface area contributed by atoms with Crippen molar-refractivity contribution >= 4 is 23.5 Å². The zero-order valence-electron chi connectivity index (χ0n) is 19.4. The number of hydrogen-bond acceptors (Lipinski definition) is 4. The number of amides is 2. The number of rotatable bonds is 7. The molecule has 7 heteroatoms. The molecule has 0 bridgehead atoms. The highest BCUT2D eigenvalue weighted by Crippen LogP contribution is 2.53. The highest BCUT2D eigenvalue weighted by molar-refractivity contribution is 6.09. The summed E-state index contributed by atoms with van der Waals surface area (Å²) in [6.07, 6.45) is 4.51. The minimum Gasteiger partial charge on any atom is -0.496 e. The first-order valence-electron chi connectivity index (χ1n) is 12.1. The van der Waals surface area contributed by atoms with Crippen molar-refractivity contribution in [1.82, 2.24) is 4.90 Å². The van der Waals surface area contributed by atoms with Gasteiger partial charge in [0.15, 0.2) is 0 Å². The third-order valence-corrected chi connectivity index (χ3v) is 7.42. The Morgan fingerprint density at radius 3 is 2.47 bits per heavy atom. The van der Waals surface area contributed by atoms with Crippen LogP contribution in [0, 0.1) is 5.92 Å². The zero-order valence-corrected chi connectivity index (χ0v) is 19.4. The maximum atomic E-state index is 13.9. The van der Waals surface area contributed by atoms with Gasteiger partial charge in [-0.15, -0.1) is 0 Å². The molecule has 1 heterocycles. The topological polar surface area (TPSA) is 87.2 Å². The van der Waals surface area contributed by atoms with Crippen molar-refractivity contribution in [1.29, 1.82) is 0 Å². The molecule has 0 spiro atoms. The van der Waals surface area contributed by atoms with Crippen LogP contribution in [0.3, 0.4) is 0 Å². The first-order chi connectivity index (χ1) is 16.5. The van der Waals surface area contributed by atoms with Gasteiger partial charge in [-0.3, -0.25) is 14.4 Å². The van der Waals surface area contributed by atoms with Gasteiger partial charge in [-0.1, -0.05) is 36.8 Å². The molecule has 2 aliphatic carbocycles. The number of carbonyl (C=O) groups excluding carboxylic acids is 2. The average molecular weight is 463 g/mol. The van der Waals surface area contributed by atoms with Crippen LogP contribution in [0.1, 0.15) is 66.9 Å². The van der Waals surface area contributed by atoms with Gasteiger partial charge in [0.25, 0.3) is 5.91 Å². The largest absolute Gasteiger partial charge is 0.496 e. The molecule has 2 amide bonds. The van der Waals surface area contributed by atoms with Crippen LogP contribution in [0.5, 0.6) is 5.75 Å². The number of carboxylic acids is 1. The molecular weight excluding hydrogens is 432 g/mol. The predicted molar refractivity (Wildman–Crippen MR) is 127 cm³/mol. The first kappa shape index (κ1) is 22.4. The van der Waals surface area contributed by atoms with Crippen molar-refractivity contribution in [3.8, 4) is 5.75 Å². The summed E-state index contributed by atoms with van der Waals surface area (Å²) in [5.41, 5.74) is 2.34. The second kappa shape index (κ2) is 9.12. The Labute approximate surface area is 199 Å². The summed E-state index contributed by atoms with van der Waals surface area (Å²) in [4.78, 5) is 42.3. The van der Waals surface area contributed by atoms with Crippen molar-refractivity contribution < 1.29 is 24.2 Å². The van der Waals surface area contributed by atoms with E-state index in [4.69, 9.17) is 9.84 Å². The molecule has 2 fully saturated rings. The van der Waals surface area contributed by atoms with Gasteiger partial charge in [-0.2, -0.15) is 0 Å². The lowest BCUT2D eigenvalue weighted by Gasteiger charge is -2.48. The van der Waals surface area contributed by atoms with Crippen LogP contribution in [0.4, 0.5) is 5.69 Å². The second-order valence-electron chi connectivity index (χ2n) is 9.47. The lowest BCUT2D eigenvalue weighted by atomic mass is 9.81. The lowest BCUT2D eigenvalue weighted by Crippen LogP contribution is -2.53. The summed E-state index contributed by atoms with van der Waals surface area (Å²) in [5, 5.41) is 9.14. The number of para-hydroxylation sites is 2. The Balaban J connectivity index is 1.57. The van der Waals surface area contributed by atoms with Crippen LogP contribution in [-0.2, 0) is 9.59 Å². The van der Waals surface area contributed by atoms with E-state index in [1.165, 1.54) is 0 Å². The van der Waals surface area contributed by atoms with Gasteiger partial charge in [-0.05, 0) is 49.4 Å². The van der Waals surface area contributed by atoms with Crippen molar-refractivity contribution in [2.24, 2.45) is 5.92 Å². The van der Waals surface area contributed by atoms with Crippen LogP contribution >= 0.6 is 0 Å². The molecule has 3 unspecified atom stereocenters. The molecule has 34 heavy (non-hydrogen) atoms. The number of methoxy groups -OCH3 is 1. The number of nitrogens with zero attached hydrogens (tertiary/aromatic N) is 2. The number of aliphatic carboxylic acids is 1. The fourth-order valence-electron chi connectivity index (χ4n) is 5.87. The number of anilines is 1. The summed E-state index contributed by atoms with van der Waals surface area (Å²) in [7, 11) is 1.57.